The molecule has 1 aromatic rings. The molecule has 15 heavy (non-hydrogen) atoms. The van der Waals surface area contributed by atoms with Gasteiger partial charge in [-0.25, -0.2) is 0 Å². The number of rotatable bonds is 6. The summed E-state index contributed by atoms with van der Waals surface area (Å²) in [7, 11) is 0. The van der Waals surface area contributed by atoms with Gasteiger partial charge in [0.25, 0.3) is 0 Å². The van der Waals surface area contributed by atoms with E-state index in [2.05, 4.69) is 66.8 Å². The van der Waals surface area contributed by atoms with Crippen LogP contribution in [0.25, 0.3) is 0 Å². The largest absolute Gasteiger partial charge is 0.0864 e. The van der Waals surface area contributed by atoms with Crippen LogP contribution in [0.15, 0.2) is 30.3 Å². The molecule has 0 aromatic heterocycles. The monoisotopic (exact) mass is 316 g/mol. The summed E-state index contributed by atoms with van der Waals surface area (Å²) in [4.78, 5) is 0. The quantitative estimate of drug-likeness (QED) is 0.526. The van der Waals surface area contributed by atoms with Crippen molar-refractivity contribution in [2.24, 2.45) is 11.8 Å². The van der Waals surface area contributed by atoms with Gasteiger partial charge in [-0.2, -0.15) is 0 Å². The first-order chi connectivity index (χ1) is 7.24. The molecule has 0 fully saturated rings. The third-order valence-corrected chi connectivity index (χ3v) is 3.75. The van der Waals surface area contributed by atoms with Crippen LogP contribution < -0.4 is 0 Å². The van der Waals surface area contributed by atoms with Crippen molar-refractivity contribution < 1.29 is 0 Å². The molecule has 0 nitrogen and oxygen atoms in total. The van der Waals surface area contributed by atoms with Crippen LogP contribution in [0, 0.1) is 11.8 Å². The first-order valence-corrected chi connectivity index (χ1v) is 7.36. The third-order valence-electron chi connectivity index (χ3n) is 2.99. The maximum absolute atomic E-state index is 2.48. The van der Waals surface area contributed by atoms with Crippen molar-refractivity contribution in [1.82, 2.24) is 0 Å². The maximum Gasteiger partial charge on any atom is -0.000462 e. The van der Waals surface area contributed by atoms with E-state index in [0.717, 1.165) is 11.8 Å². The zero-order valence-corrected chi connectivity index (χ0v) is 11.9. The highest BCUT2D eigenvalue weighted by Crippen LogP contribution is 2.22. The summed E-state index contributed by atoms with van der Waals surface area (Å²) in [5.74, 6) is 1.65. The summed E-state index contributed by atoms with van der Waals surface area (Å²) in [6, 6.07) is 10.9. The lowest BCUT2D eigenvalue weighted by Crippen LogP contribution is -2.12. The van der Waals surface area contributed by atoms with E-state index in [-0.39, 0.29) is 0 Å². The summed E-state index contributed by atoms with van der Waals surface area (Å²) < 4.78 is 1.29. The van der Waals surface area contributed by atoms with E-state index in [1.165, 1.54) is 29.3 Å². The van der Waals surface area contributed by atoms with E-state index in [1.54, 1.807) is 0 Å². The minimum atomic E-state index is 0.799. The Morgan fingerprint density at radius 1 is 1.13 bits per heavy atom. The fourth-order valence-electron chi connectivity index (χ4n) is 1.93. The normalized spacial score (nSPS) is 13.1. The van der Waals surface area contributed by atoms with E-state index < -0.39 is 0 Å². The molecule has 84 valence electrons. The molecule has 0 amide bonds. The summed E-state index contributed by atoms with van der Waals surface area (Å²) in [5.41, 5.74) is 1.49. The van der Waals surface area contributed by atoms with Gasteiger partial charge in [0.05, 0.1) is 0 Å². The van der Waals surface area contributed by atoms with Crippen LogP contribution in [0.2, 0.25) is 0 Å². The van der Waals surface area contributed by atoms with E-state index in [1.807, 2.05) is 0 Å². The molecule has 0 aliphatic carbocycles. The molecule has 0 radical (unpaired) electrons. The SMILES string of the molecule is CC(C)C(CCCI)Cc1ccccc1. The molecule has 0 aliphatic heterocycles. The third kappa shape index (κ3) is 5.01. The lowest BCUT2D eigenvalue weighted by atomic mass is 9.86. The molecule has 1 atom stereocenters. The summed E-state index contributed by atoms with van der Waals surface area (Å²) in [6.07, 6.45) is 3.97. The molecule has 1 unspecified atom stereocenters. The Morgan fingerprint density at radius 3 is 2.33 bits per heavy atom. The number of halogens is 1. The molecule has 1 rings (SSSR count). The Kier molecular flexibility index (Phi) is 6.30. The van der Waals surface area contributed by atoms with E-state index in [4.69, 9.17) is 0 Å². The van der Waals surface area contributed by atoms with E-state index >= 15 is 0 Å². The van der Waals surface area contributed by atoms with Gasteiger partial charge in [0.15, 0.2) is 0 Å². The van der Waals surface area contributed by atoms with Gasteiger partial charge in [-0.3, -0.25) is 0 Å². The van der Waals surface area contributed by atoms with Gasteiger partial charge in [0.1, 0.15) is 0 Å². The van der Waals surface area contributed by atoms with Crippen LogP contribution in [0.1, 0.15) is 32.3 Å². The van der Waals surface area contributed by atoms with Crippen LogP contribution in [0.5, 0.6) is 0 Å². The molecule has 0 saturated carbocycles. The van der Waals surface area contributed by atoms with Gasteiger partial charge in [-0.05, 0) is 41.1 Å². The topological polar surface area (TPSA) is 0 Å². The van der Waals surface area contributed by atoms with Gasteiger partial charge in [-0.1, -0.05) is 66.8 Å². The lowest BCUT2D eigenvalue weighted by molar-refractivity contribution is 0.356. The summed E-state index contributed by atoms with van der Waals surface area (Å²) in [5, 5.41) is 0. The fraction of sp³-hybridized carbons (Fsp3) is 0.571. The van der Waals surface area contributed by atoms with Crippen molar-refractivity contribution in [3.8, 4) is 0 Å². The molecule has 1 heteroatoms. The minimum Gasteiger partial charge on any atom is -0.0864 e. The van der Waals surface area contributed by atoms with Gasteiger partial charge >= 0.3 is 0 Å². The Morgan fingerprint density at radius 2 is 1.80 bits per heavy atom. The van der Waals surface area contributed by atoms with Gasteiger partial charge in [0, 0.05) is 0 Å². The first-order valence-electron chi connectivity index (χ1n) is 5.84. The Hall–Kier alpha value is -0.0500. The van der Waals surface area contributed by atoms with E-state index in [0.29, 0.717) is 0 Å². The van der Waals surface area contributed by atoms with Crippen molar-refractivity contribution in [2.75, 3.05) is 4.43 Å². The average molecular weight is 316 g/mol. The molecule has 0 aliphatic rings. The summed E-state index contributed by atoms with van der Waals surface area (Å²) in [6.45, 7) is 4.70. The Bertz CT molecular complexity index is 253. The number of hydrogen-bond donors (Lipinski definition) is 0. The fourth-order valence-corrected chi connectivity index (χ4v) is 2.37. The highest BCUT2D eigenvalue weighted by molar-refractivity contribution is 14.1. The van der Waals surface area contributed by atoms with Crippen LogP contribution >= 0.6 is 22.6 Å². The molecule has 0 heterocycles. The number of benzene rings is 1. The van der Waals surface area contributed by atoms with Crippen molar-refractivity contribution in [3.63, 3.8) is 0 Å². The molecule has 0 saturated heterocycles. The predicted molar refractivity (Wildman–Crippen MR) is 76.6 cm³/mol. The maximum atomic E-state index is 2.48. The lowest BCUT2D eigenvalue weighted by Gasteiger charge is -2.20. The molecular weight excluding hydrogens is 295 g/mol. The Balaban J connectivity index is 2.51. The predicted octanol–water partition coefficient (Wildman–Crippen LogP) is 4.72. The Labute approximate surface area is 108 Å². The number of alkyl halides is 1. The zero-order valence-electron chi connectivity index (χ0n) is 9.75. The highest BCUT2D eigenvalue weighted by Gasteiger charge is 2.13. The molecule has 0 N–H and O–H groups in total. The van der Waals surface area contributed by atoms with Crippen molar-refractivity contribution in [3.05, 3.63) is 35.9 Å². The standard InChI is InChI=1S/C14H21I/c1-12(2)14(9-6-10-15)11-13-7-4-3-5-8-13/h3-5,7-8,12,14H,6,9-11H2,1-2H3. The highest BCUT2D eigenvalue weighted by atomic mass is 127. The van der Waals surface area contributed by atoms with Crippen LogP contribution in [-0.4, -0.2) is 4.43 Å². The van der Waals surface area contributed by atoms with Crippen molar-refractivity contribution in [2.45, 2.75) is 33.1 Å². The average Bonchev–Trinajstić information content (AvgIpc) is 2.25. The number of hydrogen-bond acceptors (Lipinski definition) is 0. The smallest absolute Gasteiger partial charge is 0.000462 e. The van der Waals surface area contributed by atoms with Crippen LogP contribution in [-0.2, 0) is 6.42 Å². The first kappa shape index (κ1) is 13.0. The van der Waals surface area contributed by atoms with Crippen molar-refractivity contribution >= 4 is 22.6 Å². The minimum absolute atomic E-state index is 0.799. The molecule has 0 spiro atoms. The van der Waals surface area contributed by atoms with Gasteiger partial charge in [-0.15, -0.1) is 0 Å². The van der Waals surface area contributed by atoms with Gasteiger partial charge in [0.2, 0.25) is 0 Å². The second-order valence-corrected chi connectivity index (χ2v) is 5.60. The van der Waals surface area contributed by atoms with Crippen LogP contribution in [0.4, 0.5) is 0 Å². The molecule has 0 bridgehead atoms. The molecular formula is C14H21I. The van der Waals surface area contributed by atoms with Crippen molar-refractivity contribution in [1.29, 1.82) is 0 Å². The van der Waals surface area contributed by atoms with E-state index in [9.17, 15) is 0 Å². The second-order valence-electron chi connectivity index (χ2n) is 4.53. The summed E-state index contributed by atoms with van der Waals surface area (Å²) >= 11 is 2.48. The van der Waals surface area contributed by atoms with Gasteiger partial charge < -0.3 is 0 Å². The second kappa shape index (κ2) is 7.26. The molecule has 1 aromatic carbocycles. The zero-order chi connectivity index (χ0) is 11.1. The van der Waals surface area contributed by atoms with Crippen LogP contribution in [0.3, 0.4) is 0 Å².